The molecule has 1 atom stereocenters. The number of halogens is 1. The first-order valence-corrected chi connectivity index (χ1v) is 7.37. The van der Waals surface area contributed by atoms with Crippen LogP contribution in [0.3, 0.4) is 0 Å². The lowest BCUT2D eigenvalue weighted by atomic mass is 10.1. The lowest BCUT2D eigenvalue weighted by Gasteiger charge is -2.15. The maximum absolute atomic E-state index is 11.9. The minimum absolute atomic E-state index is 0.0530. The van der Waals surface area contributed by atoms with Crippen LogP contribution < -0.4 is 10.6 Å². The molecule has 2 rings (SSSR count). The van der Waals surface area contributed by atoms with Gasteiger partial charge in [-0.3, -0.25) is 4.79 Å². The van der Waals surface area contributed by atoms with Gasteiger partial charge in [-0.1, -0.05) is 48.0 Å². The maximum atomic E-state index is 11.9. The van der Waals surface area contributed by atoms with Gasteiger partial charge >= 0.3 is 0 Å². The summed E-state index contributed by atoms with van der Waals surface area (Å²) < 4.78 is 0. The fraction of sp³-hybridized carbons (Fsp3) is 0.235. The number of hydrogen-bond donors (Lipinski definition) is 2. The second-order valence-electron chi connectivity index (χ2n) is 4.82. The highest BCUT2D eigenvalue weighted by Gasteiger charge is 2.08. The fourth-order valence-corrected chi connectivity index (χ4v) is 2.39. The summed E-state index contributed by atoms with van der Waals surface area (Å²) in [5.41, 5.74) is 1.74. The van der Waals surface area contributed by atoms with E-state index in [-0.39, 0.29) is 11.9 Å². The Hall–Kier alpha value is -1.84. The van der Waals surface area contributed by atoms with Crippen LogP contribution >= 0.6 is 11.6 Å². The number of amides is 1. The van der Waals surface area contributed by atoms with Crippen molar-refractivity contribution in [2.45, 2.75) is 13.0 Å². The quantitative estimate of drug-likeness (QED) is 0.803. The zero-order chi connectivity index (χ0) is 15.1. The first-order valence-electron chi connectivity index (χ1n) is 6.99. The minimum Gasteiger partial charge on any atom is -0.351 e. The van der Waals surface area contributed by atoms with Gasteiger partial charge in [-0.05, 0) is 30.7 Å². The van der Waals surface area contributed by atoms with E-state index < -0.39 is 0 Å². The van der Waals surface area contributed by atoms with Crippen LogP contribution in [0.15, 0.2) is 54.6 Å². The standard InChI is InChI=1S/C17H19ClN2O/c1-13(15-9-5-6-10-16(15)18)19-11-12-20-17(21)14-7-3-2-4-8-14/h2-10,13,19H,11-12H2,1H3,(H,20,21)/t13-/m1/s1. The van der Waals surface area contributed by atoms with E-state index in [1.54, 1.807) is 12.1 Å². The van der Waals surface area contributed by atoms with Crippen LogP contribution in [-0.2, 0) is 0 Å². The molecule has 0 aliphatic heterocycles. The van der Waals surface area contributed by atoms with Gasteiger partial charge in [-0.25, -0.2) is 0 Å². The van der Waals surface area contributed by atoms with Gasteiger partial charge in [-0.2, -0.15) is 0 Å². The largest absolute Gasteiger partial charge is 0.351 e. The Balaban J connectivity index is 1.75. The van der Waals surface area contributed by atoms with Crippen molar-refractivity contribution in [1.29, 1.82) is 0 Å². The lowest BCUT2D eigenvalue weighted by molar-refractivity contribution is 0.0953. The van der Waals surface area contributed by atoms with E-state index in [2.05, 4.69) is 17.6 Å². The van der Waals surface area contributed by atoms with Gasteiger partial charge in [-0.15, -0.1) is 0 Å². The number of rotatable bonds is 6. The third-order valence-corrected chi connectivity index (χ3v) is 3.61. The van der Waals surface area contributed by atoms with Gasteiger partial charge in [0.2, 0.25) is 0 Å². The van der Waals surface area contributed by atoms with E-state index in [1.165, 1.54) is 0 Å². The van der Waals surface area contributed by atoms with E-state index in [4.69, 9.17) is 11.6 Å². The molecule has 0 spiro atoms. The van der Waals surface area contributed by atoms with Crippen LogP contribution in [0.25, 0.3) is 0 Å². The molecule has 0 aromatic heterocycles. The highest BCUT2D eigenvalue weighted by molar-refractivity contribution is 6.31. The van der Waals surface area contributed by atoms with Crippen molar-refractivity contribution >= 4 is 17.5 Å². The average Bonchev–Trinajstić information content (AvgIpc) is 2.52. The zero-order valence-corrected chi connectivity index (χ0v) is 12.7. The molecule has 0 saturated heterocycles. The number of hydrogen-bond acceptors (Lipinski definition) is 2. The summed E-state index contributed by atoms with van der Waals surface area (Å²) in [6.45, 7) is 3.31. The van der Waals surface area contributed by atoms with Gasteiger partial charge in [0, 0.05) is 29.7 Å². The molecular formula is C17H19ClN2O. The smallest absolute Gasteiger partial charge is 0.251 e. The molecule has 2 N–H and O–H groups in total. The Morgan fingerprint density at radius 2 is 1.71 bits per heavy atom. The molecule has 1 amide bonds. The topological polar surface area (TPSA) is 41.1 Å². The molecule has 0 fully saturated rings. The van der Waals surface area contributed by atoms with E-state index in [1.807, 2.05) is 42.5 Å². The molecule has 110 valence electrons. The lowest BCUT2D eigenvalue weighted by Crippen LogP contribution is -2.33. The third-order valence-electron chi connectivity index (χ3n) is 3.27. The van der Waals surface area contributed by atoms with Crippen LogP contribution in [0.2, 0.25) is 5.02 Å². The van der Waals surface area contributed by atoms with Crippen LogP contribution in [0.5, 0.6) is 0 Å². The monoisotopic (exact) mass is 302 g/mol. The Morgan fingerprint density at radius 3 is 2.43 bits per heavy atom. The first-order chi connectivity index (χ1) is 10.2. The van der Waals surface area contributed by atoms with Crippen molar-refractivity contribution in [1.82, 2.24) is 10.6 Å². The Kier molecular flexibility index (Phi) is 5.78. The molecule has 0 aliphatic rings. The van der Waals surface area contributed by atoms with Crippen LogP contribution in [0.1, 0.15) is 28.9 Å². The molecule has 0 radical (unpaired) electrons. The molecule has 3 nitrogen and oxygen atoms in total. The Labute approximate surface area is 130 Å². The summed E-state index contributed by atoms with van der Waals surface area (Å²) in [4.78, 5) is 11.9. The molecule has 0 bridgehead atoms. The predicted molar refractivity (Wildman–Crippen MR) is 86.6 cm³/mol. The van der Waals surface area contributed by atoms with Crippen molar-refractivity contribution < 1.29 is 4.79 Å². The Bertz CT molecular complexity index is 586. The molecule has 0 aliphatic carbocycles. The van der Waals surface area contributed by atoms with Crippen molar-refractivity contribution in [2.75, 3.05) is 13.1 Å². The minimum atomic E-state index is -0.0530. The number of carbonyl (C=O) groups excluding carboxylic acids is 1. The fourth-order valence-electron chi connectivity index (χ4n) is 2.09. The summed E-state index contributed by atoms with van der Waals surface area (Å²) in [6.07, 6.45) is 0. The second kappa shape index (κ2) is 7.81. The molecule has 0 unspecified atom stereocenters. The van der Waals surface area contributed by atoms with Crippen molar-refractivity contribution in [3.8, 4) is 0 Å². The number of benzene rings is 2. The predicted octanol–water partition coefficient (Wildman–Crippen LogP) is 3.42. The SMILES string of the molecule is C[C@@H](NCCNC(=O)c1ccccc1)c1ccccc1Cl. The van der Waals surface area contributed by atoms with Crippen LogP contribution in [0.4, 0.5) is 0 Å². The summed E-state index contributed by atoms with van der Waals surface area (Å²) in [7, 11) is 0. The highest BCUT2D eigenvalue weighted by Crippen LogP contribution is 2.21. The van der Waals surface area contributed by atoms with Crippen molar-refractivity contribution in [3.63, 3.8) is 0 Å². The van der Waals surface area contributed by atoms with E-state index >= 15 is 0 Å². The second-order valence-corrected chi connectivity index (χ2v) is 5.23. The normalized spacial score (nSPS) is 11.9. The first kappa shape index (κ1) is 15.5. The van der Waals surface area contributed by atoms with E-state index in [9.17, 15) is 4.79 Å². The van der Waals surface area contributed by atoms with E-state index in [0.717, 1.165) is 10.6 Å². The maximum Gasteiger partial charge on any atom is 0.251 e. The molecule has 2 aromatic carbocycles. The van der Waals surface area contributed by atoms with Gasteiger partial charge in [0.1, 0.15) is 0 Å². The third kappa shape index (κ3) is 4.59. The molecule has 21 heavy (non-hydrogen) atoms. The Morgan fingerprint density at radius 1 is 1.05 bits per heavy atom. The molecule has 0 saturated carbocycles. The van der Waals surface area contributed by atoms with Crippen molar-refractivity contribution in [3.05, 3.63) is 70.7 Å². The van der Waals surface area contributed by atoms with E-state index in [0.29, 0.717) is 18.7 Å². The summed E-state index contributed by atoms with van der Waals surface area (Å²) in [5.74, 6) is -0.0530. The van der Waals surface area contributed by atoms with Gasteiger partial charge < -0.3 is 10.6 Å². The number of nitrogens with one attached hydrogen (secondary N) is 2. The summed E-state index contributed by atoms with van der Waals surface area (Å²) in [6, 6.07) is 17.1. The van der Waals surface area contributed by atoms with Gasteiger partial charge in [0.15, 0.2) is 0 Å². The van der Waals surface area contributed by atoms with Crippen LogP contribution in [-0.4, -0.2) is 19.0 Å². The molecule has 0 heterocycles. The average molecular weight is 303 g/mol. The molecular weight excluding hydrogens is 284 g/mol. The zero-order valence-electron chi connectivity index (χ0n) is 12.0. The van der Waals surface area contributed by atoms with Gasteiger partial charge in [0.25, 0.3) is 5.91 Å². The van der Waals surface area contributed by atoms with Crippen LogP contribution in [0, 0.1) is 0 Å². The highest BCUT2D eigenvalue weighted by atomic mass is 35.5. The summed E-state index contributed by atoms with van der Waals surface area (Å²) >= 11 is 6.15. The molecule has 4 heteroatoms. The van der Waals surface area contributed by atoms with Crippen molar-refractivity contribution in [2.24, 2.45) is 0 Å². The summed E-state index contributed by atoms with van der Waals surface area (Å²) in [5, 5.41) is 6.99. The number of carbonyl (C=O) groups is 1. The van der Waals surface area contributed by atoms with Gasteiger partial charge in [0.05, 0.1) is 0 Å². The molecule has 2 aromatic rings.